The van der Waals surface area contributed by atoms with Crippen LogP contribution in [-0.2, 0) is 16.0 Å². The second-order valence-electron chi connectivity index (χ2n) is 4.95. The van der Waals surface area contributed by atoms with Crippen molar-refractivity contribution in [1.29, 1.82) is 0 Å². The molecule has 5 heteroatoms. The molecule has 4 nitrogen and oxygen atoms in total. The molecule has 1 unspecified atom stereocenters. The van der Waals surface area contributed by atoms with Gasteiger partial charge in [-0.05, 0) is 25.7 Å². The fourth-order valence-electron chi connectivity index (χ4n) is 2.07. The maximum Gasteiger partial charge on any atom is 0.315 e. The first-order valence-corrected chi connectivity index (χ1v) is 7.33. The van der Waals surface area contributed by atoms with Gasteiger partial charge >= 0.3 is 5.97 Å². The number of thiazole rings is 1. The third-order valence-corrected chi connectivity index (χ3v) is 4.04. The molecule has 0 saturated heterocycles. The molecule has 1 atom stereocenters. The highest BCUT2D eigenvalue weighted by molar-refractivity contribution is 7.15. The average Bonchev–Trinajstić information content (AvgIpc) is 2.85. The van der Waals surface area contributed by atoms with Crippen molar-refractivity contribution in [3.63, 3.8) is 0 Å². The molecule has 0 spiro atoms. The van der Waals surface area contributed by atoms with E-state index in [0.717, 1.165) is 30.2 Å². The van der Waals surface area contributed by atoms with Crippen LogP contribution in [0.4, 0.5) is 5.13 Å². The lowest BCUT2D eigenvalue weighted by Gasteiger charge is -2.08. The summed E-state index contributed by atoms with van der Waals surface area (Å²) >= 11 is 1.67. The van der Waals surface area contributed by atoms with Crippen LogP contribution in [-0.4, -0.2) is 24.1 Å². The van der Waals surface area contributed by atoms with Gasteiger partial charge in [-0.25, -0.2) is 4.98 Å². The Balaban J connectivity index is 2.05. The topological polar surface area (TPSA) is 51.2 Å². The molecule has 0 bridgehead atoms. The number of nitrogens with one attached hydrogen (secondary N) is 1. The van der Waals surface area contributed by atoms with Gasteiger partial charge in [-0.2, -0.15) is 0 Å². The van der Waals surface area contributed by atoms with Crippen LogP contribution < -0.4 is 5.32 Å². The van der Waals surface area contributed by atoms with Gasteiger partial charge in [-0.3, -0.25) is 4.79 Å². The number of esters is 1. The van der Waals surface area contributed by atoms with Crippen molar-refractivity contribution in [3.8, 4) is 0 Å². The van der Waals surface area contributed by atoms with Crippen molar-refractivity contribution in [2.24, 2.45) is 5.92 Å². The van der Waals surface area contributed by atoms with Crippen LogP contribution in [0, 0.1) is 5.92 Å². The molecule has 0 saturated carbocycles. The van der Waals surface area contributed by atoms with Crippen LogP contribution >= 0.6 is 11.3 Å². The lowest BCUT2D eigenvalue weighted by atomic mass is 10.1. The summed E-state index contributed by atoms with van der Waals surface area (Å²) in [4.78, 5) is 17.6. The zero-order chi connectivity index (χ0) is 13.1. The van der Waals surface area contributed by atoms with Gasteiger partial charge in [-0.1, -0.05) is 13.8 Å². The maximum atomic E-state index is 11.8. The SMILES string of the molecule is CCOC(=O)C1CCc2sc(NCC(C)C)nc21. The monoisotopic (exact) mass is 268 g/mol. The molecule has 0 amide bonds. The molecule has 2 rings (SSSR count). The Kier molecular flexibility index (Phi) is 4.22. The minimum atomic E-state index is -0.147. The summed E-state index contributed by atoms with van der Waals surface area (Å²) in [6, 6.07) is 0. The smallest absolute Gasteiger partial charge is 0.315 e. The summed E-state index contributed by atoms with van der Waals surface area (Å²) in [7, 11) is 0. The maximum absolute atomic E-state index is 11.8. The minimum absolute atomic E-state index is 0.128. The highest BCUT2D eigenvalue weighted by Crippen LogP contribution is 2.38. The number of carbonyl (C=O) groups excluding carboxylic acids is 1. The van der Waals surface area contributed by atoms with E-state index in [1.165, 1.54) is 4.88 Å². The van der Waals surface area contributed by atoms with Crippen LogP contribution in [0.3, 0.4) is 0 Å². The zero-order valence-corrected chi connectivity index (χ0v) is 12.0. The number of fused-ring (bicyclic) bond motifs is 1. The van der Waals surface area contributed by atoms with Crippen molar-refractivity contribution in [3.05, 3.63) is 10.6 Å². The predicted molar refractivity (Wildman–Crippen MR) is 73.1 cm³/mol. The van der Waals surface area contributed by atoms with Crippen LogP contribution in [0.25, 0.3) is 0 Å². The molecule has 100 valence electrons. The van der Waals surface area contributed by atoms with E-state index in [-0.39, 0.29) is 11.9 Å². The van der Waals surface area contributed by atoms with E-state index in [1.54, 1.807) is 11.3 Å². The van der Waals surface area contributed by atoms with Crippen molar-refractivity contribution < 1.29 is 9.53 Å². The zero-order valence-electron chi connectivity index (χ0n) is 11.2. The second kappa shape index (κ2) is 5.69. The Bertz CT molecular complexity index is 429. The van der Waals surface area contributed by atoms with E-state index in [2.05, 4.69) is 24.1 Å². The quantitative estimate of drug-likeness (QED) is 0.834. The van der Waals surface area contributed by atoms with Gasteiger partial charge in [0.15, 0.2) is 5.13 Å². The lowest BCUT2D eigenvalue weighted by molar-refractivity contribution is -0.145. The molecular formula is C13H20N2O2S. The van der Waals surface area contributed by atoms with Gasteiger partial charge in [0.05, 0.1) is 12.3 Å². The molecule has 1 aromatic rings. The first-order valence-electron chi connectivity index (χ1n) is 6.52. The standard InChI is InChI=1S/C13H20N2O2S/c1-4-17-12(16)9-5-6-10-11(9)15-13(18-10)14-7-8(2)3/h8-9H,4-7H2,1-3H3,(H,14,15). The third-order valence-electron chi connectivity index (χ3n) is 2.95. The van der Waals surface area contributed by atoms with Crippen LogP contribution in [0.1, 0.15) is 43.7 Å². The Morgan fingerprint density at radius 1 is 1.61 bits per heavy atom. The number of carbonyl (C=O) groups is 1. The summed E-state index contributed by atoms with van der Waals surface area (Å²) < 4.78 is 5.10. The highest BCUT2D eigenvalue weighted by Gasteiger charge is 2.33. The Morgan fingerprint density at radius 2 is 2.39 bits per heavy atom. The fraction of sp³-hybridized carbons (Fsp3) is 0.692. The number of hydrogen-bond donors (Lipinski definition) is 1. The largest absolute Gasteiger partial charge is 0.465 e. The molecule has 0 aliphatic heterocycles. The molecule has 1 aliphatic carbocycles. The average molecular weight is 268 g/mol. The van der Waals surface area contributed by atoms with Gasteiger partial charge in [0.2, 0.25) is 0 Å². The second-order valence-corrected chi connectivity index (χ2v) is 6.03. The first-order chi connectivity index (χ1) is 8.61. The van der Waals surface area contributed by atoms with Crippen molar-refractivity contribution >= 4 is 22.4 Å². The van der Waals surface area contributed by atoms with Gasteiger partial charge in [-0.15, -0.1) is 11.3 Å². The van der Waals surface area contributed by atoms with Gasteiger partial charge in [0.25, 0.3) is 0 Å². The summed E-state index contributed by atoms with van der Waals surface area (Å²) in [5.41, 5.74) is 0.935. The highest BCUT2D eigenvalue weighted by atomic mass is 32.1. The molecule has 1 aromatic heterocycles. The van der Waals surface area contributed by atoms with E-state index < -0.39 is 0 Å². The third kappa shape index (κ3) is 2.83. The summed E-state index contributed by atoms with van der Waals surface area (Å²) in [6.07, 6.45) is 1.79. The summed E-state index contributed by atoms with van der Waals surface area (Å²) in [6.45, 7) is 7.51. The molecule has 0 fully saturated rings. The van der Waals surface area contributed by atoms with Gasteiger partial charge in [0.1, 0.15) is 5.92 Å². The predicted octanol–water partition coefficient (Wildman–Crippen LogP) is 2.80. The Labute approximate surface area is 112 Å². The molecule has 1 heterocycles. The number of rotatable bonds is 5. The molecule has 1 N–H and O–H groups in total. The number of aromatic nitrogens is 1. The Hall–Kier alpha value is -1.10. The van der Waals surface area contributed by atoms with Crippen molar-refractivity contribution in [2.75, 3.05) is 18.5 Å². The van der Waals surface area contributed by atoms with Gasteiger partial charge < -0.3 is 10.1 Å². The number of nitrogens with zero attached hydrogens (tertiary/aromatic N) is 1. The minimum Gasteiger partial charge on any atom is -0.465 e. The summed E-state index contributed by atoms with van der Waals surface area (Å²) in [5, 5.41) is 4.25. The Morgan fingerprint density at radius 3 is 3.06 bits per heavy atom. The van der Waals surface area contributed by atoms with E-state index in [9.17, 15) is 4.79 Å². The lowest BCUT2D eigenvalue weighted by Crippen LogP contribution is -2.14. The first kappa shape index (κ1) is 13.3. The molecule has 1 aliphatic rings. The summed E-state index contributed by atoms with van der Waals surface area (Å²) in [5.74, 6) is 0.312. The molecule has 0 radical (unpaired) electrons. The van der Waals surface area contributed by atoms with E-state index in [4.69, 9.17) is 4.74 Å². The van der Waals surface area contributed by atoms with E-state index in [0.29, 0.717) is 12.5 Å². The van der Waals surface area contributed by atoms with E-state index >= 15 is 0 Å². The van der Waals surface area contributed by atoms with Gasteiger partial charge in [0, 0.05) is 11.4 Å². The number of anilines is 1. The van der Waals surface area contributed by atoms with Crippen LogP contribution in [0.15, 0.2) is 0 Å². The molecule has 0 aromatic carbocycles. The normalized spacial score (nSPS) is 17.9. The van der Waals surface area contributed by atoms with E-state index in [1.807, 2.05) is 6.92 Å². The molecule has 18 heavy (non-hydrogen) atoms. The number of hydrogen-bond acceptors (Lipinski definition) is 5. The van der Waals surface area contributed by atoms with Crippen LogP contribution in [0.2, 0.25) is 0 Å². The van der Waals surface area contributed by atoms with Crippen molar-refractivity contribution in [2.45, 2.75) is 39.5 Å². The van der Waals surface area contributed by atoms with Crippen LogP contribution in [0.5, 0.6) is 0 Å². The van der Waals surface area contributed by atoms with Crippen molar-refractivity contribution in [1.82, 2.24) is 4.98 Å². The molecular weight excluding hydrogens is 248 g/mol. The number of aryl methyl sites for hydroxylation is 1. The fourth-order valence-corrected chi connectivity index (χ4v) is 3.11. The number of ether oxygens (including phenoxy) is 1.